The molecule has 1 aromatic heterocycles. The van der Waals surface area contributed by atoms with Gasteiger partial charge in [0.25, 0.3) is 0 Å². The van der Waals surface area contributed by atoms with Gasteiger partial charge in [0.05, 0.1) is 32.4 Å². The van der Waals surface area contributed by atoms with Gasteiger partial charge in [-0.25, -0.2) is 4.98 Å². The van der Waals surface area contributed by atoms with E-state index in [4.69, 9.17) is 21.1 Å². The van der Waals surface area contributed by atoms with Crippen LogP contribution in [-0.2, 0) is 11.2 Å². The van der Waals surface area contributed by atoms with Gasteiger partial charge in [-0.15, -0.1) is 11.3 Å². The Hall–Kier alpha value is -2.57. The lowest BCUT2D eigenvalue weighted by Crippen LogP contribution is -2.29. The van der Waals surface area contributed by atoms with Gasteiger partial charge in [0.15, 0.2) is 11.5 Å². The summed E-state index contributed by atoms with van der Waals surface area (Å²) in [7, 11) is 3.20. The molecule has 0 saturated carbocycles. The molecule has 1 amide bonds. The summed E-state index contributed by atoms with van der Waals surface area (Å²) in [5.74, 6) is 1.25. The maximum atomic E-state index is 12.5. The molecule has 3 aromatic rings. The average Bonchev–Trinajstić information content (AvgIpc) is 3.20. The monoisotopic (exact) mass is 430 g/mol. The zero-order chi connectivity index (χ0) is 20.8. The normalized spacial score (nSPS) is 11.7. The molecule has 1 N–H and O–H groups in total. The van der Waals surface area contributed by atoms with Crippen LogP contribution in [0.5, 0.6) is 11.5 Å². The number of carbonyl (C=O) groups excluding carboxylic acids is 1. The van der Waals surface area contributed by atoms with Crippen LogP contribution >= 0.6 is 22.9 Å². The summed E-state index contributed by atoms with van der Waals surface area (Å²) in [6, 6.07) is 13.2. The number of aromatic nitrogens is 1. The Morgan fingerprint density at radius 1 is 1.14 bits per heavy atom. The maximum absolute atomic E-state index is 12.5. The van der Waals surface area contributed by atoms with E-state index in [0.717, 1.165) is 28.2 Å². The number of thiazole rings is 1. The second-order valence-corrected chi connectivity index (χ2v) is 7.76. The van der Waals surface area contributed by atoms with Gasteiger partial charge < -0.3 is 14.8 Å². The minimum absolute atomic E-state index is 0.0521. The second-order valence-electron chi connectivity index (χ2n) is 6.47. The number of ether oxygens (including phenoxy) is 2. The van der Waals surface area contributed by atoms with Crippen LogP contribution in [0.3, 0.4) is 0 Å². The molecule has 1 heterocycles. The van der Waals surface area contributed by atoms with Crippen molar-refractivity contribution in [3.8, 4) is 22.1 Å². The smallest absolute Gasteiger partial charge is 0.226 e. The number of hydrogen-bond acceptors (Lipinski definition) is 5. The van der Waals surface area contributed by atoms with E-state index in [2.05, 4.69) is 10.3 Å². The summed E-state index contributed by atoms with van der Waals surface area (Å²) in [6.07, 6.45) is 1.02. The Balaban J connectivity index is 1.67. The van der Waals surface area contributed by atoms with Crippen LogP contribution in [-0.4, -0.2) is 25.1 Å². The fourth-order valence-corrected chi connectivity index (χ4v) is 3.96. The van der Waals surface area contributed by atoms with Gasteiger partial charge in [0.2, 0.25) is 5.91 Å². The van der Waals surface area contributed by atoms with Gasteiger partial charge in [-0.05, 0) is 42.3 Å². The van der Waals surface area contributed by atoms with E-state index in [1.165, 1.54) is 11.3 Å². The highest BCUT2D eigenvalue weighted by molar-refractivity contribution is 7.13. The van der Waals surface area contributed by atoms with Gasteiger partial charge in [0, 0.05) is 16.0 Å². The van der Waals surface area contributed by atoms with Gasteiger partial charge in [-0.2, -0.15) is 0 Å². The molecule has 152 valence electrons. The molecule has 0 fully saturated rings. The van der Waals surface area contributed by atoms with Crippen molar-refractivity contribution in [3.63, 3.8) is 0 Å². The topological polar surface area (TPSA) is 60.5 Å². The third kappa shape index (κ3) is 5.28. The Morgan fingerprint density at radius 2 is 1.86 bits per heavy atom. The maximum Gasteiger partial charge on any atom is 0.226 e. The Morgan fingerprint density at radius 3 is 2.52 bits per heavy atom. The zero-order valence-corrected chi connectivity index (χ0v) is 18.1. The van der Waals surface area contributed by atoms with Gasteiger partial charge >= 0.3 is 0 Å². The molecule has 0 bridgehead atoms. The quantitative estimate of drug-likeness (QED) is 0.527. The number of carbonyl (C=O) groups is 1. The van der Waals surface area contributed by atoms with Crippen molar-refractivity contribution in [1.82, 2.24) is 10.3 Å². The molecule has 7 heteroatoms. The average molecular weight is 431 g/mol. The van der Waals surface area contributed by atoms with E-state index in [1.807, 2.05) is 54.8 Å². The molecule has 0 aliphatic carbocycles. The van der Waals surface area contributed by atoms with Crippen molar-refractivity contribution < 1.29 is 14.3 Å². The van der Waals surface area contributed by atoms with Gasteiger partial charge in [0.1, 0.15) is 5.01 Å². The van der Waals surface area contributed by atoms with Crippen molar-refractivity contribution in [2.75, 3.05) is 14.2 Å². The summed E-state index contributed by atoms with van der Waals surface area (Å²) < 4.78 is 10.6. The molecular weight excluding hydrogens is 408 g/mol. The minimum atomic E-state index is -0.0593. The van der Waals surface area contributed by atoms with Crippen molar-refractivity contribution >= 4 is 28.8 Å². The molecule has 0 spiro atoms. The number of amides is 1. The van der Waals surface area contributed by atoms with Crippen molar-refractivity contribution in [1.29, 1.82) is 0 Å². The van der Waals surface area contributed by atoms with Gasteiger partial charge in [-0.1, -0.05) is 30.7 Å². The fourth-order valence-electron chi connectivity index (χ4n) is 3.02. The predicted molar refractivity (Wildman–Crippen MR) is 117 cm³/mol. The molecule has 1 atom stereocenters. The van der Waals surface area contributed by atoms with E-state index in [-0.39, 0.29) is 18.4 Å². The van der Waals surface area contributed by atoms with E-state index >= 15 is 0 Å². The first-order chi connectivity index (χ1) is 14.0. The first kappa shape index (κ1) is 21.1. The molecular formula is C22H23ClN2O3S. The molecule has 0 aliphatic rings. The predicted octanol–water partition coefficient (Wildman–Crippen LogP) is 5.29. The Kier molecular flexibility index (Phi) is 7.12. The van der Waals surface area contributed by atoms with Crippen LogP contribution in [0.25, 0.3) is 10.6 Å². The highest BCUT2D eigenvalue weighted by atomic mass is 35.5. The number of nitrogens with one attached hydrogen (secondary N) is 1. The molecule has 3 rings (SSSR count). The largest absolute Gasteiger partial charge is 0.493 e. The second kappa shape index (κ2) is 9.76. The lowest BCUT2D eigenvalue weighted by atomic mass is 10.0. The molecule has 0 aliphatic heterocycles. The number of halogens is 1. The van der Waals surface area contributed by atoms with Crippen molar-refractivity contribution in [3.05, 3.63) is 64.1 Å². The third-order valence-corrected chi connectivity index (χ3v) is 5.73. The van der Waals surface area contributed by atoms with E-state index in [0.29, 0.717) is 16.5 Å². The highest BCUT2D eigenvalue weighted by Crippen LogP contribution is 2.33. The lowest BCUT2D eigenvalue weighted by Gasteiger charge is -2.17. The van der Waals surface area contributed by atoms with Crippen LogP contribution in [0.4, 0.5) is 0 Å². The summed E-state index contributed by atoms with van der Waals surface area (Å²) in [5.41, 5.74) is 2.70. The molecule has 5 nitrogen and oxygen atoms in total. The molecule has 29 heavy (non-hydrogen) atoms. The van der Waals surface area contributed by atoms with E-state index in [9.17, 15) is 4.79 Å². The minimum Gasteiger partial charge on any atom is -0.493 e. The molecule has 0 radical (unpaired) electrons. The Bertz CT molecular complexity index is 972. The molecule has 1 unspecified atom stereocenters. The molecule has 0 saturated heterocycles. The number of benzene rings is 2. The zero-order valence-electron chi connectivity index (χ0n) is 16.6. The SMILES string of the molecule is CCC(NC(=O)Cc1csc(-c2ccc(OC)c(OC)c2)n1)c1ccc(Cl)cc1. The number of rotatable bonds is 8. The molecule has 2 aromatic carbocycles. The summed E-state index contributed by atoms with van der Waals surface area (Å²) in [5, 5.41) is 6.50. The van der Waals surface area contributed by atoms with E-state index in [1.54, 1.807) is 14.2 Å². The van der Waals surface area contributed by atoms with Crippen LogP contribution in [0, 0.1) is 0 Å². The van der Waals surface area contributed by atoms with Gasteiger partial charge in [-0.3, -0.25) is 4.79 Å². The Labute approximate surface area is 179 Å². The van der Waals surface area contributed by atoms with Crippen LogP contribution in [0.15, 0.2) is 47.8 Å². The number of hydrogen-bond donors (Lipinski definition) is 1. The van der Waals surface area contributed by atoms with E-state index < -0.39 is 0 Å². The first-order valence-corrected chi connectivity index (χ1v) is 10.5. The van der Waals surface area contributed by atoms with Crippen LogP contribution < -0.4 is 14.8 Å². The highest BCUT2D eigenvalue weighted by Gasteiger charge is 2.15. The van der Waals surface area contributed by atoms with Crippen LogP contribution in [0.1, 0.15) is 30.6 Å². The summed E-state index contributed by atoms with van der Waals surface area (Å²) in [4.78, 5) is 17.2. The van der Waals surface area contributed by atoms with Crippen molar-refractivity contribution in [2.24, 2.45) is 0 Å². The number of nitrogens with zero attached hydrogens (tertiary/aromatic N) is 1. The third-order valence-electron chi connectivity index (χ3n) is 4.54. The first-order valence-electron chi connectivity index (χ1n) is 9.25. The summed E-state index contributed by atoms with van der Waals surface area (Å²) in [6.45, 7) is 2.04. The van der Waals surface area contributed by atoms with Crippen molar-refractivity contribution in [2.45, 2.75) is 25.8 Å². The fraction of sp³-hybridized carbons (Fsp3) is 0.273. The lowest BCUT2D eigenvalue weighted by molar-refractivity contribution is -0.121. The summed E-state index contributed by atoms with van der Waals surface area (Å²) >= 11 is 7.45. The van der Waals surface area contributed by atoms with Crippen LogP contribution in [0.2, 0.25) is 5.02 Å². The number of methoxy groups -OCH3 is 2. The standard InChI is InChI=1S/C22H23ClN2O3S/c1-4-18(14-5-8-16(23)9-6-14)25-21(26)12-17-13-29-22(24-17)15-7-10-19(27-2)20(11-15)28-3/h5-11,13,18H,4,12H2,1-3H3,(H,25,26).